The average molecular weight is 248 g/mol. The second-order valence-electron chi connectivity index (χ2n) is 4.88. The number of nitrogens with one attached hydrogen (secondary N) is 1. The Morgan fingerprint density at radius 3 is 2.19 bits per heavy atom. The van der Waals surface area contributed by atoms with Gasteiger partial charge in [0, 0.05) is 19.3 Å². The highest BCUT2D eigenvalue weighted by molar-refractivity contribution is 6.69. The molecule has 0 bridgehead atoms. The molecule has 0 radical (unpaired) electrons. The van der Waals surface area contributed by atoms with Crippen molar-refractivity contribution in [2.24, 2.45) is 5.73 Å². The number of rotatable bonds is 9. The zero-order chi connectivity index (χ0) is 12.7. The minimum atomic E-state index is -2.06. The molecule has 3 N–H and O–H groups in total. The Balaban J connectivity index is 4.03. The third-order valence-corrected chi connectivity index (χ3v) is 7.76. The van der Waals surface area contributed by atoms with Gasteiger partial charge in [0.25, 0.3) is 0 Å². The second-order valence-corrected chi connectivity index (χ2v) is 8.94. The maximum Gasteiger partial charge on any atom is 0.340 e. The Labute approximate surface area is 101 Å². The first kappa shape index (κ1) is 16.1. The highest BCUT2D eigenvalue weighted by Gasteiger charge is 2.45. The third-order valence-electron chi connectivity index (χ3n) is 3.49. The van der Waals surface area contributed by atoms with Gasteiger partial charge in [0.1, 0.15) is 0 Å². The van der Waals surface area contributed by atoms with Crippen molar-refractivity contribution in [2.75, 3.05) is 33.9 Å². The van der Waals surface area contributed by atoms with E-state index in [1.807, 2.05) is 0 Å². The molecule has 0 saturated carbocycles. The van der Waals surface area contributed by atoms with Crippen LogP contribution in [0.4, 0.5) is 0 Å². The normalized spacial score (nSPS) is 13.1. The lowest BCUT2D eigenvalue weighted by molar-refractivity contribution is 0.213. The summed E-state index contributed by atoms with van der Waals surface area (Å²) in [6.07, 6.45) is 2.09. The molecular weight excluding hydrogens is 220 g/mol. The van der Waals surface area contributed by atoms with Crippen LogP contribution in [0.25, 0.3) is 0 Å². The quantitative estimate of drug-likeness (QED) is 0.479. The van der Waals surface area contributed by atoms with Gasteiger partial charge in [-0.3, -0.25) is 0 Å². The molecule has 0 unspecified atom stereocenters. The molecule has 5 heteroatoms. The second kappa shape index (κ2) is 7.40. The van der Waals surface area contributed by atoms with Crippen molar-refractivity contribution >= 4 is 8.56 Å². The first-order valence-electron chi connectivity index (χ1n) is 5.94. The van der Waals surface area contributed by atoms with Crippen LogP contribution in [0.15, 0.2) is 0 Å². The van der Waals surface area contributed by atoms with Crippen molar-refractivity contribution in [3.05, 3.63) is 0 Å². The number of hydrogen-bond donors (Lipinski definition) is 2. The number of nitrogens with two attached hydrogens (primary N) is 1. The Kier molecular flexibility index (Phi) is 7.42. The summed E-state index contributed by atoms with van der Waals surface area (Å²) in [5.41, 5.74) is 5.44. The SMILES string of the molecule is CO[Si](C)(OC)C(C)(C)CCNCCCN. The van der Waals surface area contributed by atoms with Crippen LogP contribution in [-0.4, -0.2) is 42.4 Å². The fourth-order valence-corrected chi connectivity index (χ4v) is 3.47. The van der Waals surface area contributed by atoms with Crippen LogP contribution >= 0.6 is 0 Å². The summed E-state index contributed by atoms with van der Waals surface area (Å²) in [6, 6.07) is 0. The lowest BCUT2D eigenvalue weighted by atomic mass is 10.1. The molecular formula is C11H28N2O2Si. The maximum absolute atomic E-state index is 5.60. The highest BCUT2D eigenvalue weighted by Crippen LogP contribution is 2.40. The Hall–Kier alpha value is 0.0569. The zero-order valence-corrected chi connectivity index (χ0v) is 12.4. The lowest BCUT2D eigenvalue weighted by Crippen LogP contribution is -2.48. The Morgan fingerprint density at radius 1 is 1.19 bits per heavy atom. The molecule has 0 aliphatic heterocycles. The van der Waals surface area contributed by atoms with Gasteiger partial charge in [0.15, 0.2) is 0 Å². The molecule has 0 saturated heterocycles. The molecule has 0 aromatic heterocycles. The van der Waals surface area contributed by atoms with Crippen molar-refractivity contribution in [1.29, 1.82) is 0 Å². The molecule has 0 fully saturated rings. The van der Waals surface area contributed by atoms with Crippen molar-refractivity contribution < 1.29 is 8.85 Å². The minimum absolute atomic E-state index is 0.103. The van der Waals surface area contributed by atoms with E-state index < -0.39 is 8.56 Å². The summed E-state index contributed by atoms with van der Waals surface area (Å²) >= 11 is 0. The van der Waals surface area contributed by atoms with Gasteiger partial charge in [-0.05, 0) is 39.0 Å². The van der Waals surface area contributed by atoms with Crippen LogP contribution in [0.2, 0.25) is 11.6 Å². The van der Waals surface area contributed by atoms with Crippen molar-refractivity contribution in [3.63, 3.8) is 0 Å². The summed E-state index contributed by atoms with van der Waals surface area (Å²) < 4.78 is 11.2. The standard InChI is InChI=1S/C11H28N2O2Si/c1-11(2,16(5,14-3)15-4)7-10-13-9-6-8-12/h13H,6-10,12H2,1-5H3. The first-order chi connectivity index (χ1) is 7.43. The van der Waals surface area contributed by atoms with Gasteiger partial charge in [-0.2, -0.15) is 0 Å². The van der Waals surface area contributed by atoms with Crippen molar-refractivity contribution in [3.8, 4) is 0 Å². The first-order valence-corrected chi connectivity index (χ1v) is 8.26. The minimum Gasteiger partial charge on any atom is -0.397 e. The molecule has 0 heterocycles. The predicted octanol–water partition coefficient (Wildman–Crippen LogP) is 1.46. The van der Waals surface area contributed by atoms with Gasteiger partial charge >= 0.3 is 8.56 Å². The fourth-order valence-electron chi connectivity index (χ4n) is 1.62. The van der Waals surface area contributed by atoms with Crippen LogP contribution < -0.4 is 11.1 Å². The fraction of sp³-hybridized carbons (Fsp3) is 1.00. The van der Waals surface area contributed by atoms with Gasteiger partial charge in [0.05, 0.1) is 0 Å². The van der Waals surface area contributed by atoms with Gasteiger partial charge in [-0.15, -0.1) is 0 Å². The summed E-state index contributed by atoms with van der Waals surface area (Å²) in [7, 11) is 1.44. The van der Waals surface area contributed by atoms with E-state index in [0.29, 0.717) is 0 Å². The molecule has 0 aliphatic carbocycles. The molecule has 0 aliphatic rings. The summed E-state index contributed by atoms with van der Waals surface area (Å²) in [5.74, 6) is 0. The van der Waals surface area contributed by atoms with E-state index in [2.05, 4.69) is 25.7 Å². The van der Waals surface area contributed by atoms with E-state index in [-0.39, 0.29) is 5.04 Å². The van der Waals surface area contributed by atoms with Gasteiger partial charge in [-0.25, -0.2) is 0 Å². The van der Waals surface area contributed by atoms with Gasteiger partial charge < -0.3 is 19.9 Å². The molecule has 0 rings (SSSR count). The van der Waals surface area contributed by atoms with Gasteiger partial charge in [0.2, 0.25) is 0 Å². The van der Waals surface area contributed by atoms with Crippen LogP contribution in [-0.2, 0) is 8.85 Å². The predicted molar refractivity (Wildman–Crippen MR) is 70.8 cm³/mol. The lowest BCUT2D eigenvalue weighted by Gasteiger charge is -2.38. The monoisotopic (exact) mass is 248 g/mol. The third kappa shape index (κ3) is 4.51. The topological polar surface area (TPSA) is 56.5 Å². The van der Waals surface area contributed by atoms with Crippen LogP contribution in [0.5, 0.6) is 0 Å². The largest absolute Gasteiger partial charge is 0.397 e. The average Bonchev–Trinajstić information content (AvgIpc) is 2.27. The Bertz CT molecular complexity index is 185. The smallest absolute Gasteiger partial charge is 0.340 e. The maximum atomic E-state index is 5.60. The molecule has 0 atom stereocenters. The molecule has 0 spiro atoms. The molecule has 4 nitrogen and oxygen atoms in total. The zero-order valence-electron chi connectivity index (χ0n) is 11.4. The Morgan fingerprint density at radius 2 is 1.75 bits per heavy atom. The van der Waals surface area contributed by atoms with E-state index in [1.165, 1.54) is 0 Å². The summed E-state index contributed by atoms with van der Waals surface area (Å²) in [6.45, 7) is 9.28. The molecule has 0 amide bonds. The summed E-state index contributed by atoms with van der Waals surface area (Å²) in [5, 5.41) is 3.50. The van der Waals surface area contributed by atoms with Crippen molar-refractivity contribution in [1.82, 2.24) is 5.32 Å². The summed E-state index contributed by atoms with van der Waals surface area (Å²) in [4.78, 5) is 0. The van der Waals surface area contributed by atoms with Crippen LogP contribution in [0.1, 0.15) is 26.7 Å². The van der Waals surface area contributed by atoms with Crippen LogP contribution in [0.3, 0.4) is 0 Å². The molecule has 98 valence electrons. The molecule has 0 aromatic rings. The van der Waals surface area contributed by atoms with Gasteiger partial charge in [-0.1, -0.05) is 13.8 Å². The van der Waals surface area contributed by atoms with E-state index in [4.69, 9.17) is 14.6 Å². The molecule has 16 heavy (non-hydrogen) atoms. The van der Waals surface area contributed by atoms with E-state index in [9.17, 15) is 0 Å². The molecule has 0 aromatic carbocycles. The van der Waals surface area contributed by atoms with E-state index in [0.717, 1.165) is 32.5 Å². The number of hydrogen-bond acceptors (Lipinski definition) is 4. The van der Waals surface area contributed by atoms with Crippen molar-refractivity contribution in [2.45, 2.75) is 38.3 Å². The highest BCUT2D eigenvalue weighted by atomic mass is 28.4. The van der Waals surface area contributed by atoms with Crippen LogP contribution in [0, 0.1) is 0 Å². The van der Waals surface area contributed by atoms with E-state index in [1.54, 1.807) is 14.2 Å². The van der Waals surface area contributed by atoms with E-state index >= 15 is 0 Å².